The van der Waals surface area contributed by atoms with Crippen LogP contribution in [0.4, 0.5) is 4.79 Å². The molecule has 30 heavy (non-hydrogen) atoms. The van der Waals surface area contributed by atoms with Gasteiger partial charge in [-0.05, 0) is 11.5 Å². The van der Waals surface area contributed by atoms with E-state index in [2.05, 4.69) is 10.5 Å². The number of amides is 1. The SMILES string of the molecule is CC(C)[C@H](NC(=O)OCc1ccccc1)C(=O)OCc1cc(-c2ccccc2)on1. The van der Waals surface area contributed by atoms with Crippen LogP contribution in [0.2, 0.25) is 0 Å². The van der Waals surface area contributed by atoms with Crippen LogP contribution in [-0.2, 0) is 27.5 Å². The molecule has 0 radical (unpaired) electrons. The summed E-state index contributed by atoms with van der Waals surface area (Å²) in [5.41, 5.74) is 2.22. The minimum absolute atomic E-state index is 0.0564. The average molecular weight is 408 g/mol. The lowest BCUT2D eigenvalue weighted by Crippen LogP contribution is -2.45. The number of benzene rings is 2. The number of ether oxygens (including phenoxy) is 2. The molecule has 1 aromatic heterocycles. The van der Waals surface area contributed by atoms with Gasteiger partial charge in [0.05, 0.1) is 0 Å². The summed E-state index contributed by atoms with van der Waals surface area (Å²) in [6.45, 7) is 3.69. The Labute approximate surface area is 175 Å². The number of rotatable bonds is 8. The predicted octanol–water partition coefficient (Wildman–Crippen LogP) is 4.34. The Hall–Kier alpha value is -3.61. The van der Waals surface area contributed by atoms with E-state index in [1.807, 2.05) is 74.5 Å². The number of hydrogen-bond donors (Lipinski definition) is 1. The van der Waals surface area contributed by atoms with E-state index in [0.29, 0.717) is 11.5 Å². The highest BCUT2D eigenvalue weighted by Crippen LogP contribution is 2.20. The van der Waals surface area contributed by atoms with E-state index >= 15 is 0 Å². The molecule has 1 heterocycles. The fourth-order valence-electron chi connectivity index (χ4n) is 2.74. The largest absolute Gasteiger partial charge is 0.458 e. The van der Waals surface area contributed by atoms with Gasteiger partial charge >= 0.3 is 12.1 Å². The second-order valence-electron chi connectivity index (χ2n) is 7.08. The molecule has 3 rings (SSSR count). The molecule has 0 bridgehead atoms. The number of aromatic nitrogens is 1. The van der Waals surface area contributed by atoms with E-state index in [-0.39, 0.29) is 19.1 Å². The van der Waals surface area contributed by atoms with Gasteiger partial charge < -0.3 is 19.3 Å². The Morgan fingerprint density at radius 3 is 2.30 bits per heavy atom. The standard InChI is InChI=1S/C23H24N2O5/c1-16(2)21(24-23(27)29-14-17-9-5-3-6-10-17)22(26)28-15-19-13-20(30-25-19)18-11-7-4-8-12-18/h3-13,16,21H,14-15H2,1-2H3,(H,24,27)/t21-/m0/s1. The molecule has 0 saturated heterocycles. The lowest BCUT2D eigenvalue weighted by molar-refractivity contribution is -0.148. The Kier molecular flexibility index (Phi) is 7.21. The van der Waals surface area contributed by atoms with Crippen molar-refractivity contribution < 1.29 is 23.6 Å². The summed E-state index contributed by atoms with van der Waals surface area (Å²) in [6.07, 6.45) is -0.678. The van der Waals surface area contributed by atoms with Gasteiger partial charge in [-0.25, -0.2) is 9.59 Å². The number of carbonyl (C=O) groups excluding carboxylic acids is 2. The number of carbonyl (C=O) groups is 2. The maximum absolute atomic E-state index is 12.5. The summed E-state index contributed by atoms with van der Waals surface area (Å²) >= 11 is 0. The Balaban J connectivity index is 1.51. The summed E-state index contributed by atoms with van der Waals surface area (Å²) in [7, 11) is 0. The quantitative estimate of drug-likeness (QED) is 0.558. The lowest BCUT2D eigenvalue weighted by Gasteiger charge is -2.20. The summed E-state index contributed by atoms with van der Waals surface area (Å²) in [5.74, 6) is -0.158. The van der Waals surface area contributed by atoms with Gasteiger partial charge in [0.1, 0.15) is 24.9 Å². The van der Waals surface area contributed by atoms with E-state index in [9.17, 15) is 9.59 Å². The van der Waals surface area contributed by atoms with Gasteiger partial charge in [0.2, 0.25) is 0 Å². The monoisotopic (exact) mass is 408 g/mol. The first-order valence-electron chi connectivity index (χ1n) is 9.68. The van der Waals surface area contributed by atoms with Gasteiger partial charge in [0.15, 0.2) is 5.76 Å². The fraction of sp³-hybridized carbons (Fsp3) is 0.261. The molecule has 0 aliphatic rings. The molecule has 0 spiro atoms. The zero-order chi connectivity index (χ0) is 21.3. The van der Waals surface area contributed by atoms with Gasteiger partial charge in [-0.1, -0.05) is 79.7 Å². The topological polar surface area (TPSA) is 90.7 Å². The van der Waals surface area contributed by atoms with Crippen LogP contribution in [0.5, 0.6) is 0 Å². The molecule has 0 aliphatic heterocycles. The molecule has 1 N–H and O–H groups in total. The lowest BCUT2D eigenvalue weighted by atomic mass is 10.1. The van der Waals surface area contributed by atoms with Crippen LogP contribution in [0.25, 0.3) is 11.3 Å². The summed E-state index contributed by atoms with van der Waals surface area (Å²) in [4.78, 5) is 24.6. The van der Waals surface area contributed by atoms with Crippen LogP contribution >= 0.6 is 0 Å². The van der Waals surface area contributed by atoms with Crippen molar-refractivity contribution in [1.29, 1.82) is 0 Å². The van der Waals surface area contributed by atoms with E-state index in [1.165, 1.54) is 0 Å². The fourth-order valence-corrected chi connectivity index (χ4v) is 2.74. The molecule has 3 aromatic rings. The van der Waals surface area contributed by atoms with Crippen molar-refractivity contribution in [3.05, 3.63) is 78.0 Å². The van der Waals surface area contributed by atoms with E-state index in [4.69, 9.17) is 14.0 Å². The minimum Gasteiger partial charge on any atom is -0.458 e. The van der Waals surface area contributed by atoms with Crippen LogP contribution in [0, 0.1) is 5.92 Å². The first-order valence-corrected chi connectivity index (χ1v) is 9.68. The second kappa shape index (κ2) is 10.2. The molecule has 0 fully saturated rings. The molecule has 156 valence electrons. The summed E-state index contributed by atoms with van der Waals surface area (Å²) in [5, 5.41) is 6.50. The van der Waals surface area contributed by atoms with Crippen LogP contribution in [0.1, 0.15) is 25.1 Å². The highest BCUT2D eigenvalue weighted by Gasteiger charge is 2.26. The highest BCUT2D eigenvalue weighted by molar-refractivity contribution is 5.81. The molecular weight excluding hydrogens is 384 g/mol. The van der Waals surface area contributed by atoms with Crippen molar-refractivity contribution in [3.63, 3.8) is 0 Å². The zero-order valence-electron chi connectivity index (χ0n) is 16.9. The Morgan fingerprint density at radius 2 is 1.63 bits per heavy atom. The summed E-state index contributed by atoms with van der Waals surface area (Å²) < 4.78 is 15.8. The number of nitrogens with zero attached hydrogens (tertiary/aromatic N) is 1. The predicted molar refractivity (Wildman–Crippen MR) is 110 cm³/mol. The smallest absolute Gasteiger partial charge is 0.408 e. The first-order chi connectivity index (χ1) is 14.5. The third-order valence-electron chi connectivity index (χ3n) is 4.39. The molecular formula is C23H24N2O5. The van der Waals surface area contributed by atoms with Crippen LogP contribution in [0.3, 0.4) is 0 Å². The molecule has 0 aliphatic carbocycles. The zero-order valence-corrected chi connectivity index (χ0v) is 16.9. The van der Waals surface area contributed by atoms with Crippen molar-refractivity contribution in [1.82, 2.24) is 10.5 Å². The molecule has 2 aromatic carbocycles. The van der Waals surface area contributed by atoms with E-state index in [1.54, 1.807) is 6.07 Å². The van der Waals surface area contributed by atoms with Crippen molar-refractivity contribution in [2.24, 2.45) is 5.92 Å². The molecule has 0 unspecified atom stereocenters. The van der Waals surface area contributed by atoms with Crippen LogP contribution in [0.15, 0.2) is 71.3 Å². The normalized spacial score (nSPS) is 11.7. The van der Waals surface area contributed by atoms with Gasteiger partial charge in [-0.2, -0.15) is 0 Å². The van der Waals surface area contributed by atoms with E-state index < -0.39 is 18.1 Å². The third-order valence-corrected chi connectivity index (χ3v) is 4.39. The third kappa shape index (κ3) is 5.94. The first kappa shape index (κ1) is 21.1. The van der Waals surface area contributed by atoms with Crippen molar-refractivity contribution in [2.75, 3.05) is 0 Å². The van der Waals surface area contributed by atoms with Crippen molar-refractivity contribution >= 4 is 12.1 Å². The van der Waals surface area contributed by atoms with Crippen molar-refractivity contribution in [3.8, 4) is 11.3 Å². The van der Waals surface area contributed by atoms with Gasteiger partial charge in [0, 0.05) is 11.6 Å². The van der Waals surface area contributed by atoms with Gasteiger partial charge in [-0.15, -0.1) is 0 Å². The maximum atomic E-state index is 12.5. The van der Waals surface area contributed by atoms with Crippen LogP contribution < -0.4 is 5.32 Å². The molecule has 1 atom stereocenters. The number of nitrogens with one attached hydrogen (secondary N) is 1. The molecule has 7 heteroatoms. The van der Waals surface area contributed by atoms with Gasteiger partial charge in [-0.3, -0.25) is 0 Å². The Morgan fingerprint density at radius 1 is 0.967 bits per heavy atom. The maximum Gasteiger partial charge on any atom is 0.408 e. The van der Waals surface area contributed by atoms with Crippen molar-refractivity contribution in [2.45, 2.75) is 33.1 Å². The molecule has 1 amide bonds. The summed E-state index contributed by atoms with van der Waals surface area (Å²) in [6, 6.07) is 19.7. The number of esters is 1. The molecule has 7 nitrogen and oxygen atoms in total. The molecule has 0 saturated carbocycles. The van der Waals surface area contributed by atoms with Crippen LogP contribution in [-0.4, -0.2) is 23.3 Å². The Bertz CT molecular complexity index is 954. The minimum atomic E-state index is -0.839. The van der Waals surface area contributed by atoms with Gasteiger partial charge in [0.25, 0.3) is 0 Å². The average Bonchev–Trinajstić information content (AvgIpc) is 3.24. The number of alkyl carbamates (subject to hydrolysis) is 1. The van der Waals surface area contributed by atoms with E-state index in [0.717, 1.165) is 11.1 Å². The number of hydrogen-bond acceptors (Lipinski definition) is 6. The highest BCUT2D eigenvalue weighted by atomic mass is 16.6. The second-order valence-corrected chi connectivity index (χ2v) is 7.08.